The molecule has 0 aliphatic carbocycles. The first kappa shape index (κ1) is 13.8. The van der Waals surface area contributed by atoms with Crippen LogP contribution in [0, 0.1) is 6.92 Å². The summed E-state index contributed by atoms with van der Waals surface area (Å²) in [6, 6.07) is 8.52. The third-order valence-electron chi connectivity index (χ3n) is 4.16. The average molecular weight is 334 g/mol. The van der Waals surface area contributed by atoms with E-state index in [0.717, 1.165) is 17.6 Å². The minimum absolute atomic E-state index is 0.526. The molecule has 1 unspecified atom stereocenters. The van der Waals surface area contributed by atoms with Gasteiger partial charge >= 0.3 is 0 Å². The Balaban J connectivity index is 2.09. The summed E-state index contributed by atoms with van der Waals surface area (Å²) in [6.07, 6.45) is 2.46. The van der Waals surface area contributed by atoms with E-state index in [4.69, 9.17) is 5.10 Å². The lowest BCUT2D eigenvalue weighted by Crippen LogP contribution is -2.28. The Hall–Kier alpha value is -1.13. The topological polar surface area (TPSA) is 29.9 Å². The first-order chi connectivity index (χ1) is 9.66. The van der Waals surface area contributed by atoms with Crippen LogP contribution in [0.25, 0.3) is 11.1 Å². The van der Waals surface area contributed by atoms with Crippen molar-refractivity contribution in [2.24, 2.45) is 7.05 Å². The maximum absolute atomic E-state index is 4.80. The van der Waals surface area contributed by atoms with E-state index in [1.165, 1.54) is 35.4 Å². The van der Waals surface area contributed by atoms with Gasteiger partial charge in [0.25, 0.3) is 0 Å². The van der Waals surface area contributed by atoms with Crippen LogP contribution in [-0.4, -0.2) is 22.9 Å². The highest BCUT2D eigenvalue weighted by Gasteiger charge is 2.24. The van der Waals surface area contributed by atoms with Crippen LogP contribution in [0.3, 0.4) is 0 Å². The van der Waals surface area contributed by atoms with Gasteiger partial charge in [0, 0.05) is 35.2 Å². The van der Waals surface area contributed by atoms with Crippen molar-refractivity contribution in [3.05, 3.63) is 40.1 Å². The fourth-order valence-corrected chi connectivity index (χ4v) is 3.40. The zero-order valence-corrected chi connectivity index (χ0v) is 13.6. The molecule has 106 valence electrons. The molecule has 2 aromatic rings. The number of halogens is 1. The minimum atomic E-state index is 0.526. The van der Waals surface area contributed by atoms with Crippen LogP contribution in [0.5, 0.6) is 0 Å². The molecule has 1 aliphatic rings. The molecule has 2 heterocycles. The lowest BCUT2D eigenvalue weighted by Gasteiger charge is -2.22. The average Bonchev–Trinajstić information content (AvgIpc) is 2.76. The van der Waals surface area contributed by atoms with Gasteiger partial charge in [-0.1, -0.05) is 28.1 Å². The Morgan fingerprint density at radius 3 is 2.95 bits per heavy atom. The second-order valence-electron chi connectivity index (χ2n) is 5.52. The van der Waals surface area contributed by atoms with Crippen molar-refractivity contribution >= 4 is 15.9 Å². The molecule has 1 fully saturated rings. The van der Waals surface area contributed by atoms with Gasteiger partial charge in [-0.3, -0.25) is 4.68 Å². The number of hydrogen-bond acceptors (Lipinski definition) is 2. The highest BCUT2D eigenvalue weighted by Crippen LogP contribution is 2.35. The van der Waals surface area contributed by atoms with E-state index in [1.807, 2.05) is 11.7 Å². The lowest BCUT2D eigenvalue weighted by atomic mass is 9.90. The van der Waals surface area contributed by atoms with Crippen LogP contribution < -0.4 is 5.32 Å². The van der Waals surface area contributed by atoms with Crippen molar-refractivity contribution < 1.29 is 0 Å². The van der Waals surface area contributed by atoms with E-state index < -0.39 is 0 Å². The molecule has 0 radical (unpaired) electrons. The van der Waals surface area contributed by atoms with Crippen LogP contribution in [0.2, 0.25) is 0 Å². The quantitative estimate of drug-likeness (QED) is 0.909. The molecule has 4 heteroatoms. The Bertz CT molecular complexity index is 612. The number of aryl methyl sites for hydroxylation is 1. The molecule has 0 saturated carbocycles. The Kier molecular flexibility index (Phi) is 3.94. The second-order valence-corrected chi connectivity index (χ2v) is 6.44. The van der Waals surface area contributed by atoms with Gasteiger partial charge in [0.2, 0.25) is 0 Å². The fraction of sp³-hybridized carbons (Fsp3) is 0.438. The summed E-state index contributed by atoms with van der Waals surface area (Å²) >= 11 is 3.57. The van der Waals surface area contributed by atoms with Crippen molar-refractivity contribution in [3.8, 4) is 11.1 Å². The van der Waals surface area contributed by atoms with Crippen molar-refractivity contribution in [2.75, 3.05) is 13.1 Å². The lowest BCUT2D eigenvalue weighted by molar-refractivity contribution is 0.452. The van der Waals surface area contributed by atoms with Crippen molar-refractivity contribution in [1.29, 1.82) is 0 Å². The normalized spacial score (nSPS) is 19.2. The molecular formula is C16H20BrN3. The standard InChI is InChI=1S/C16H20BrN3/c1-11-15(12-5-3-7-14(17)9-12)16(19-20(11)2)13-6-4-8-18-10-13/h3,5,7,9,13,18H,4,6,8,10H2,1-2H3. The Labute approximate surface area is 128 Å². The molecular weight excluding hydrogens is 314 g/mol. The summed E-state index contributed by atoms with van der Waals surface area (Å²) in [5.41, 5.74) is 5.05. The van der Waals surface area contributed by atoms with E-state index in [2.05, 4.69) is 52.4 Å². The van der Waals surface area contributed by atoms with Crippen molar-refractivity contribution in [1.82, 2.24) is 15.1 Å². The molecule has 3 nitrogen and oxygen atoms in total. The molecule has 1 aromatic heterocycles. The van der Waals surface area contributed by atoms with E-state index in [9.17, 15) is 0 Å². The predicted octanol–water partition coefficient (Wildman–Crippen LogP) is 3.63. The smallest absolute Gasteiger partial charge is 0.0749 e. The summed E-state index contributed by atoms with van der Waals surface area (Å²) in [5.74, 6) is 0.526. The van der Waals surface area contributed by atoms with Gasteiger partial charge < -0.3 is 5.32 Å². The van der Waals surface area contributed by atoms with Gasteiger partial charge in [0.1, 0.15) is 0 Å². The fourth-order valence-electron chi connectivity index (χ4n) is 3.01. The van der Waals surface area contributed by atoms with Crippen LogP contribution in [0.15, 0.2) is 28.7 Å². The minimum Gasteiger partial charge on any atom is -0.316 e. The van der Waals surface area contributed by atoms with Crippen LogP contribution in [0.1, 0.15) is 30.1 Å². The van der Waals surface area contributed by atoms with Crippen LogP contribution in [0.4, 0.5) is 0 Å². The first-order valence-electron chi connectivity index (χ1n) is 7.17. The highest BCUT2D eigenvalue weighted by atomic mass is 79.9. The van der Waals surface area contributed by atoms with E-state index in [-0.39, 0.29) is 0 Å². The van der Waals surface area contributed by atoms with E-state index in [1.54, 1.807) is 0 Å². The molecule has 0 spiro atoms. The number of nitrogens with zero attached hydrogens (tertiary/aromatic N) is 2. The largest absolute Gasteiger partial charge is 0.316 e. The number of hydrogen-bond donors (Lipinski definition) is 1. The first-order valence-corrected chi connectivity index (χ1v) is 7.96. The van der Waals surface area contributed by atoms with Crippen molar-refractivity contribution in [3.63, 3.8) is 0 Å². The van der Waals surface area contributed by atoms with Gasteiger partial charge in [0.15, 0.2) is 0 Å². The van der Waals surface area contributed by atoms with Gasteiger partial charge in [-0.05, 0) is 44.0 Å². The molecule has 1 atom stereocenters. The van der Waals surface area contributed by atoms with E-state index in [0.29, 0.717) is 5.92 Å². The second kappa shape index (κ2) is 5.70. The summed E-state index contributed by atoms with van der Waals surface area (Å²) in [6.45, 7) is 4.33. The monoisotopic (exact) mass is 333 g/mol. The third kappa shape index (κ3) is 2.54. The molecule has 3 rings (SSSR count). The number of nitrogens with one attached hydrogen (secondary N) is 1. The maximum atomic E-state index is 4.80. The molecule has 1 aliphatic heterocycles. The SMILES string of the molecule is Cc1c(-c2cccc(Br)c2)c(C2CCCNC2)nn1C. The Morgan fingerprint density at radius 1 is 1.40 bits per heavy atom. The predicted molar refractivity (Wildman–Crippen MR) is 85.9 cm³/mol. The molecule has 1 aromatic carbocycles. The molecule has 1 saturated heterocycles. The van der Waals surface area contributed by atoms with Gasteiger partial charge in [-0.15, -0.1) is 0 Å². The third-order valence-corrected chi connectivity index (χ3v) is 4.65. The number of rotatable bonds is 2. The number of piperidine rings is 1. The summed E-state index contributed by atoms with van der Waals surface area (Å²) in [5, 5.41) is 8.29. The zero-order valence-electron chi connectivity index (χ0n) is 12.0. The zero-order chi connectivity index (χ0) is 14.1. The molecule has 0 amide bonds. The van der Waals surface area contributed by atoms with E-state index >= 15 is 0 Å². The Morgan fingerprint density at radius 2 is 2.25 bits per heavy atom. The van der Waals surface area contributed by atoms with Gasteiger partial charge in [0.05, 0.1) is 5.69 Å². The van der Waals surface area contributed by atoms with Crippen molar-refractivity contribution in [2.45, 2.75) is 25.7 Å². The summed E-state index contributed by atoms with van der Waals surface area (Å²) in [7, 11) is 2.04. The van der Waals surface area contributed by atoms with Crippen LogP contribution in [-0.2, 0) is 7.05 Å². The van der Waals surface area contributed by atoms with Gasteiger partial charge in [-0.25, -0.2) is 0 Å². The highest BCUT2D eigenvalue weighted by molar-refractivity contribution is 9.10. The summed E-state index contributed by atoms with van der Waals surface area (Å²) < 4.78 is 3.13. The maximum Gasteiger partial charge on any atom is 0.0749 e. The molecule has 0 bridgehead atoms. The number of aromatic nitrogens is 2. The van der Waals surface area contributed by atoms with Gasteiger partial charge in [-0.2, -0.15) is 5.10 Å². The number of benzene rings is 1. The summed E-state index contributed by atoms with van der Waals surface area (Å²) in [4.78, 5) is 0. The molecule has 20 heavy (non-hydrogen) atoms. The van der Waals surface area contributed by atoms with Crippen LogP contribution >= 0.6 is 15.9 Å². The molecule has 1 N–H and O–H groups in total.